The molecular weight excluding hydrogens is 388 g/mol. The Bertz CT molecular complexity index is 847. The number of carbonyl (C=O) groups excluding carboxylic acids is 1. The molecule has 3 rings (SSSR count). The summed E-state index contributed by atoms with van der Waals surface area (Å²) >= 11 is 9.02. The molecule has 2 aromatic heterocycles. The average molecular weight is 407 g/mol. The lowest BCUT2D eigenvalue weighted by Gasteiger charge is -2.23. The van der Waals surface area contributed by atoms with Crippen LogP contribution < -0.4 is 4.74 Å². The van der Waals surface area contributed by atoms with E-state index in [1.165, 1.54) is 16.2 Å². The van der Waals surface area contributed by atoms with Crippen LogP contribution in [-0.2, 0) is 17.8 Å². The lowest BCUT2D eigenvalue weighted by molar-refractivity contribution is -0.131. The maximum atomic E-state index is 12.5. The van der Waals surface area contributed by atoms with E-state index in [9.17, 15) is 4.79 Å². The van der Waals surface area contributed by atoms with Crippen LogP contribution in [0.2, 0.25) is 5.02 Å². The molecule has 1 unspecified atom stereocenters. The molecule has 0 fully saturated rings. The number of aromatic nitrogens is 1. The molecule has 0 bridgehead atoms. The molecule has 0 saturated carbocycles. The minimum Gasteiger partial charge on any atom is -0.486 e. The third-order valence-corrected chi connectivity index (χ3v) is 6.20. The summed E-state index contributed by atoms with van der Waals surface area (Å²) in [5, 5.41) is 5.46. The quantitative estimate of drug-likeness (QED) is 0.541. The fourth-order valence-electron chi connectivity index (χ4n) is 2.39. The SMILES string of the molecule is CC(c1cccs1)N(C)C(=O)Cc1csc(COc2ccc(Cl)cc2)n1. The standard InChI is InChI=1S/C19H19ClN2O2S2/c1-13(17-4-3-9-25-17)22(2)19(23)10-15-12-26-18(21-15)11-24-16-7-5-14(20)6-8-16/h3-9,12-13H,10-11H2,1-2H3. The summed E-state index contributed by atoms with van der Waals surface area (Å²) in [7, 11) is 1.84. The Labute approximate surface area is 166 Å². The van der Waals surface area contributed by atoms with E-state index in [2.05, 4.69) is 4.98 Å². The summed E-state index contributed by atoms with van der Waals surface area (Å²) in [6.45, 7) is 2.41. The first-order valence-electron chi connectivity index (χ1n) is 8.13. The molecule has 1 atom stereocenters. The van der Waals surface area contributed by atoms with Gasteiger partial charge in [-0.1, -0.05) is 17.7 Å². The van der Waals surface area contributed by atoms with E-state index >= 15 is 0 Å². The zero-order chi connectivity index (χ0) is 18.5. The predicted molar refractivity (Wildman–Crippen MR) is 107 cm³/mol. The lowest BCUT2D eigenvalue weighted by Crippen LogP contribution is -2.30. The Balaban J connectivity index is 1.54. The van der Waals surface area contributed by atoms with Gasteiger partial charge in [-0.3, -0.25) is 4.79 Å². The van der Waals surface area contributed by atoms with Crippen molar-refractivity contribution >= 4 is 40.2 Å². The van der Waals surface area contributed by atoms with Crippen LogP contribution in [0.25, 0.3) is 0 Å². The van der Waals surface area contributed by atoms with E-state index in [0.717, 1.165) is 16.5 Å². The molecule has 0 aliphatic rings. The summed E-state index contributed by atoms with van der Waals surface area (Å²) < 4.78 is 5.70. The number of thiophene rings is 1. The van der Waals surface area contributed by atoms with Crippen molar-refractivity contribution in [2.45, 2.75) is 26.0 Å². The van der Waals surface area contributed by atoms with E-state index in [4.69, 9.17) is 16.3 Å². The Morgan fingerprint density at radius 3 is 2.73 bits per heavy atom. The third kappa shape index (κ3) is 4.84. The maximum Gasteiger partial charge on any atom is 0.228 e. The molecule has 7 heteroatoms. The molecule has 3 aromatic rings. The summed E-state index contributed by atoms with van der Waals surface area (Å²) in [5.74, 6) is 0.799. The molecule has 4 nitrogen and oxygen atoms in total. The van der Waals surface area contributed by atoms with Crippen LogP contribution in [0.3, 0.4) is 0 Å². The molecule has 1 amide bonds. The molecule has 0 aliphatic carbocycles. The second-order valence-corrected chi connectivity index (χ2v) is 8.21. The van der Waals surface area contributed by atoms with Crippen molar-refractivity contribution in [2.75, 3.05) is 7.05 Å². The van der Waals surface area contributed by atoms with Gasteiger partial charge < -0.3 is 9.64 Å². The normalized spacial score (nSPS) is 12.0. The minimum atomic E-state index is 0.0568. The first kappa shape index (κ1) is 18.9. The maximum absolute atomic E-state index is 12.5. The number of carbonyl (C=O) groups is 1. The van der Waals surface area contributed by atoms with E-state index in [-0.39, 0.29) is 11.9 Å². The van der Waals surface area contributed by atoms with E-state index < -0.39 is 0 Å². The third-order valence-electron chi connectivity index (χ3n) is 4.04. The number of amides is 1. The fourth-order valence-corrected chi connectivity index (χ4v) is 4.05. The van der Waals surface area contributed by atoms with Crippen LogP contribution in [0.4, 0.5) is 0 Å². The molecule has 0 saturated heterocycles. The number of rotatable bonds is 7. The van der Waals surface area contributed by atoms with Crippen LogP contribution in [0.15, 0.2) is 47.2 Å². The smallest absolute Gasteiger partial charge is 0.228 e. The molecule has 136 valence electrons. The Morgan fingerprint density at radius 1 is 1.27 bits per heavy atom. The van der Waals surface area contributed by atoms with Gasteiger partial charge in [0.2, 0.25) is 5.91 Å². The highest BCUT2D eigenvalue weighted by Crippen LogP contribution is 2.24. The molecular formula is C19H19ClN2O2S2. The highest BCUT2D eigenvalue weighted by molar-refractivity contribution is 7.10. The van der Waals surface area contributed by atoms with Gasteiger partial charge in [-0.05, 0) is 42.6 Å². The van der Waals surface area contributed by atoms with Crippen LogP contribution in [-0.4, -0.2) is 22.8 Å². The van der Waals surface area contributed by atoms with E-state index in [0.29, 0.717) is 18.1 Å². The second kappa shape index (κ2) is 8.66. The van der Waals surface area contributed by atoms with Gasteiger partial charge in [0.1, 0.15) is 17.4 Å². The summed E-state index contributed by atoms with van der Waals surface area (Å²) in [6.07, 6.45) is 0.295. The number of ether oxygens (including phenoxy) is 1. The summed E-state index contributed by atoms with van der Waals surface area (Å²) in [5.41, 5.74) is 0.778. The number of halogens is 1. The predicted octanol–water partition coefficient (Wildman–Crippen LogP) is 5.20. The zero-order valence-electron chi connectivity index (χ0n) is 14.5. The van der Waals surface area contributed by atoms with Gasteiger partial charge in [-0.25, -0.2) is 4.98 Å². The van der Waals surface area contributed by atoms with Crippen molar-refractivity contribution in [1.82, 2.24) is 9.88 Å². The number of hydrogen-bond acceptors (Lipinski definition) is 5. The lowest BCUT2D eigenvalue weighted by atomic mass is 10.2. The van der Waals surface area contributed by atoms with Crippen molar-refractivity contribution in [3.8, 4) is 5.75 Å². The largest absolute Gasteiger partial charge is 0.486 e. The summed E-state index contributed by atoms with van der Waals surface area (Å²) in [6, 6.07) is 11.3. The number of likely N-dealkylation sites (N-methyl/N-ethyl adjacent to an activating group) is 1. The van der Waals surface area contributed by atoms with Gasteiger partial charge in [-0.15, -0.1) is 22.7 Å². The molecule has 0 aliphatic heterocycles. The van der Waals surface area contributed by atoms with Gasteiger partial charge >= 0.3 is 0 Å². The number of nitrogens with zero attached hydrogens (tertiary/aromatic N) is 2. The number of hydrogen-bond donors (Lipinski definition) is 0. The van der Waals surface area contributed by atoms with Crippen molar-refractivity contribution in [3.05, 3.63) is 67.8 Å². The number of thiazole rings is 1. The van der Waals surface area contributed by atoms with Gasteiger partial charge in [0, 0.05) is 22.3 Å². The molecule has 0 radical (unpaired) electrons. The van der Waals surface area contributed by atoms with Crippen molar-refractivity contribution in [2.24, 2.45) is 0 Å². The zero-order valence-corrected chi connectivity index (χ0v) is 16.9. The molecule has 1 aromatic carbocycles. The van der Waals surface area contributed by atoms with E-state index in [1.54, 1.807) is 28.4 Å². The van der Waals surface area contributed by atoms with Gasteiger partial charge in [0.15, 0.2) is 0 Å². The molecule has 0 N–H and O–H groups in total. The first-order valence-corrected chi connectivity index (χ1v) is 10.3. The van der Waals surface area contributed by atoms with Crippen molar-refractivity contribution < 1.29 is 9.53 Å². The van der Waals surface area contributed by atoms with Crippen LogP contribution in [0, 0.1) is 0 Å². The molecule has 0 spiro atoms. The Hall–Kier alpha value is -1.89. The second-order valence-electron chi connectivity index (χ2n) is 5.85. The molecule has 2 heterocycles. The van der Waals surface area contributed by atoms with Gasteiger partial charge in [0.05, 0.1) is 18.2 Å². The summed E-state index contributed by atoms with van der Waals surface area (Å²) in [4.78, 5) is 20.0. The average Bonchev–Trinajstić information content (AvgIpc) is 3.32. The van der Waals surface area contributed by atoms with Crippen LogP contribution >= 0.6 is 34.3 Å². The Morgan fingerprint density at radius 2 is 2.04 bits per heavy atom. The highest BCUT2D eigenvalue weighted by Gasteiger charge is 2.19. The van der Waals surface area contributed by atoms with Crippen LogP contribution in [0.5, 0.6) is 5.75 Å². The van der Waals surface area contributed by atoms with E-state index in [1.807, 2.05) is 49.0 Å². The first-order chi connectivity index (χ1) is 12.5. The highest BCUT2D eigenvalue weighted by atomic mass is 35.5. The Kier molecular flexibility index (Phi) is 6.29. The topological polar surface area (TPSA) is 42.4 Å². The molecule has 26 heavy (non-hydrogen) atoms. The van der Waals surface area contributed by atoms with Gasteiger partial charge in [-0.2, -0.15) is 0 Å². The fraction of sp³-hybridized carbons (Fsp3) is 0.263. The van der Waals surface area contributed by atoms with Crippen molar-refractivity contribution in [3.63, 3.8) is 0 Å². The van der Waals surface area contributed by atoms with Crippen LogP contribution in [0.1, 0.15) is 28.5 Å². The van der Waals surface area contributed by atoms with Crippen molar-refractivity contribution in [1.29, 1.82) is 0 Å². The van der Waals surface area contributed by atoms with Gasteiger partial charge in [0.25, 0.3) is 0 Å². The monoisotopic (exact) mass is 406 g/mol. The minimum absolute atomic E-state index is 0.0568. The number of benzene rings is 1.